The van der Waals surface area contributed by atoms with E-state index in [9.17, 15) is 4.79 Å². The van der Waals surface area contributed by atoms with Crippen molar-refractivity contribution in [3.05, 3.63) is 70.2 Å². The van der Waals surface area contributed by atoms with Crippen molar-refractivity contribution in [1.82, 2.24) is 15.5 Å². The Morgan fingerprint density at radius 1 is 1.17 bits per heavy atom. The van der Waals surface area contributed by atoms with E-state index in [-0.39, 0.29) is 12.0 Å². The van der Waals surface area contributed by atoms with Crippen molar-refractivity contribution in [2.75, 3.05) is 41.3 Å². The lowest BCUT2D eigenvalue weighted by atomic mass is 10.1. The minimum Gasteiger partial charge on any atom is -0.375 e. The fraction of sp³-hybridized carbons (Fsp3) is 0.364. The maximum atomic E-state index is 12.1. The molecule has 1 atom stereocenters. The maximum absolute atomic E-state index is 12.1. The zero-order valence-corrected chi connectivity index (χ0v) is 18.2. The zero-order chi connectivity index (χ0) is 21.2. The first kappa shape index (κ1) is 22.7. The second kappa shape index (κ2) is 11.4. The molecule has 1 unspecified atom stereocenters. The van der Waals surface area contributed by atoms with Crippen molar-refractivity contribution < 1.29 is 9.53 Å². The number of carbonyl (C=O) groups excluding carboxylic acids is 1. The van der Waals surface area contributed by atoms with Crippen LogP contribution in [0, 0.1) is 0 Å². The summed E-state index contributed by atoms with van der Waals surface area (Å²) in [5.41, 5.74) is 2.79. The van der Waals surface area contributed by atoms with Crippen molar-refractivity contribution in [3.63, 3.8) is 0 Å². The number of carbonyl (C=O) groups is 1. The molecular weight excluding hydrogens is 388 g/mol. The Morgan fingerprint density at radius 2 is 1.93 bits per heavy atom. The van der Waals surface area contributed by atoms with Crippen LogP contribution >= 0.6 is 11.6 Å². The van der Waals surface area contributed by atoms with Gasteiger partial charge in [0.25, 0.3) is 5.91 Å². The average Bonchev–Trinajstić information content (AvgIpc) is 2.72. The van der Waals surface area contributed by atoms with Crippen molar-refractivity contribution in [1.29, 1.82) is 0 Å². The molecule has 0 heterocycles. The van der Waals surface area contributed by atoms with E-state index in [0.29, 0.717) is 29.6 Å². The lowest BCUT2D eigenvalue weighted by molar-refractivity contribution is 0.0827. The smallest absolute Gasteiger partial charge is 0.253 e. The van der Waals surface area contributed by atoms with E-state index in [1.807, 2.05) is 48.5 Å². The largest absolute Gasteiger partial charge is 0.375 e. The molecule has 0 aliphatic heterocycles. The maximum Gasteiger partial charge on any atom is 0.253 e. The van der Waals surface area contributed by atoms with Gasteiger partial charge in [-0.3, -0.25) is 9.79 Å². The summed E-state index contributed by atoms with van der Waals surface area (Å²) in [6.45, 7) is 1.25. The van der Waals surface area contributed by atoms with Gasteiger partial charge in [-0.1, -0.05) is 35.9 Å². The third-order valence-electron chi connectivity index (χ3n) is 4.47. The standard InChI is InChI=1S/C22H29ClN4O2/c1-24-22(26-15-20(29-4)17-8-6-10-19(23)14-17)25-12-11-16-7-5-9-18(13-16)21(28)27(2)3/h5-10,13-14,20H,11-12,15H2,1-4H3,(H2,24,25,26). The monoisotopic (exact) mass is 416 g/mol. The van der Waals surface area contributed by atoms with E-state index in [0.717, 1.165) is 17.5 Å². The molecule has 7 heteroatoms. The van der Waals surface area contributed by atoms with Gasteiger partial charge in [-0.15, -0.1) is 0 Å². The molecule has 0 saturated carbocycles. The van der Waals surface area contributed by atoms with Crippen LogP contribution in [0.1, 0.15) is 27.6 Å². The van der Waals surface area contributed by atoms with Gasteiger partial charge in [0, 0.05) is 51.9 Å². The fourth-order valence-corrected chi connectivity index (χ4v) is 3.10. The average molecular weight is 417 g/mol. The number of guanidine groups is 1. The molecule has 2 N–H and O–H groups in total. The number of nitrogens with one attached hydrogen (secondary N) is 2. The lowest BCUT2D eigenvalue weighted by Gasteiger charge is -2.19. The highest BCUT2D eigenvalue weighted by atomic mass is 35.5. The van der Waals surface area contributed by atoms with Crippen LogP contribution in [0.25, 0.3) is 0 Å². The van der Waals surface area contributed by atoms with Crippen molar-refractivity contribution >= 4 is 23.5 Å². The van der Waals surface area contributed by atoms with E-state index >= 15 is 0 Å². The van der Waals surface area contributed by atoms with Crippen LogP contribution < -0.4 is 10.6 Å². The summed E-state index contributed by atoms with van der Waals surface area (Å²) in [6.07, 6.45) is 0.637. The number of hydrogen-bond acceptors (Lipinski definition) is 3. The minimum absolute atomic E-state index is 0.00362. The molecular formula is C22H29ClN4O2. The number of nitrogens with zero attached hydrogens (tertiary/aromatic N) is 2. The normalized spacial score (nSPS) is 12.4. The van der Waals surface area contributed by atoms with Crippen LogP contribution in [-0.4, -0.2) is 58.1 Å². The molecule has 0 spiro atoms. The number of aliphatic imine (C=N–C) groups is 1. The van der Waals surface area contributed by atoms with E-state index in [4.69, 9.17) is 16.3 Å². The highest BCUT2D eigenvalue weighted by molar-refractivity contribution is 6.30. The Labute approximate surface area is 177 Å². The van der Waals surface area contributed by atoms with Crippen LogP contribution in [0.2, 0.25) is 5.02 Å². The predicted molar refractivity (Wildman–Crippen MR) is 119 cm³/mol. The summed E-state index contributed by atoms with van der Waals surface area (Å²) in [7, 11) is 6.91. The molecule has 0 aliphatic carbocycles. The predicted octanol–water partition coefficient (Wildman–Crippen LogP) is 3.14. The second-order valence-electron chi connectivity index (χ2n) is 6.81. The highest BCUT2D eigenvalue weighted by Gasteiger charge is 2.12. The molecule has 0 aromatic heterocycles. The van der Waals surface area contributed by atoms with Gasteiger partial charge in [0.15, 0.2) is 5.96 Å². The number of benzene rings is 2. The number of amides is 1. The molecule has 2 aromatic carbocycles. The summed E-state index contributed by atoms with van der Waals surface area (Å²) < 4.78 is 5.58. The molecule has 0 radical (unpaired) electrons. The Kier molecular flexibility index (Phi) is 8.96. The first-order valence-electron chi connectivity index (χ1n) is 9.48. The summed E-state index contributed by atoms with van der Waals surface area (Å²) in [4.78, 5) is 17.9. The molecule has 6 nitrogen and oxygen atoms in total. The van der Waals surface area contributed by atoms with E-state index in [2.05, 4.69) is 15.6 Å². The first-order valence-corrected chi connectivity index (χ1v) is 9.85. The van der Waals surface area contributed by atoms with E-state index in [1.54, 1.807) is 33.2 Å². The van der Waals surface area contributed by atoms with Crippen LogP contribution in [0.4, 0.5) is 0 Å². The molecule has 0 aliphatic rings. The van der Waals surface area contributed by atoms with Crippen LogP contribution in [0.15, 0.2) is 53.5 Å². The second-order valence-corrected chi connectivity index (χ2v) is 7.25. The van der Waals surface area contributed by atoms with Crippen LogP contribution in [0.5, 0.6) is 0 Å². The number of rotatable bonds is 8. The Hall–Kier alpha value is -2.57. The van der Waals surface area contributed by atoms with Crippen molar-refractivity contribution in [3.8, 4) is 0 Å². The summed E-state index contributed by atoms with van der Waals surface area (Å²) >= 11 is 6.07. The van der Waals surface area contributed by atoms with Gasteiger partial charge in [0.1, 0.15) is 0 Å². The summed E-state index contributed by atoms with van der Waals surface area (Å²) in [5.74, 6) is 0.693. The quantitative estimate of drug-likeness (QED) is 0.512. The van der Waals surface area contributed by atoms with Gasteiger partial charge in [-0.25, -0.2) is 0 Å². The van der Waals surface area contributed by atoms with Gasteiger partial charge in [0.05, 0.1) is 6.10 Å². The molecule has 0 saturated heterocycles. The summed E-state index contributed by atoms with van der Waals surface area (Å²) in [5, 5.41) is 7.26. The highest BCUT2D eigenvalue weighted by Crippen LogP contribution is 2.19. The third kappa shape index (κ3) is 7.07. The first-order chi connectivity index (χ1) is 13.9. The minimum atomic E-state index is -0.138. The third-order valence-corrected chi connectivity index (χ3v) is 4.70. The number of methoxy groups -OCH3 is 1. The van der Waals surface area contributed by atoms with Crippen molar-refractivity contribution in [2.24, 2.45) is 4.99 Å². The molecule has 29 heavy (non-hydrogen) atoms. The molecule has 2 aromatic rings. The summed E-state index contributed by atoms with van der Waals surface area (Å²) in [6, 6.07) is 15.3. The Bertz CT molecular complexity index is 839. The Morgan fingerprint density at radius 3 is 2.59 bits per heavy atom. The number of hydrogen-bond donors (Lipinski definition) is 2. The van der Waals surface area contributed by atoms with Crippen LogP contribution in [0.3, 0.4) is 0 Å². The van der Waals surface area contributed by atoms with Gasteiger partial charge < -0.3 is 20.3 Å². The van der Waals surface area contributed by atoms with Gasteiger partial charge >= 0.3 is 0 Å². The van der Waals surface area contributed by atoms with E-state index < -0.39 is 0 Å². The van der Waals surface area contributed by atoms with Crippen molar-refractivity contribution in [2.45, 2.75) is 12.5 Å². The molecule has 0 fully saturated rings. The van der Waals surface area contributed by atoms with Gasteiger partial charge in [0.2, 0.25) is 0 Å². The Balaban J connectivity index is 1.86. The number of ether oxygens (including phenoxy) is 1. The molecule has 1 amide bonds. The molecule has 156 valence electrons. The molecule has 2 rings (SSSR count). The van der Waals surface area contributed by atoms with E-state index in [1.165, 1.54) is 0 Å². The SMILES string of the molecule is CN=C(NCCc1cccc(C(=O)N(C)C)c1)NCC(OC)c1cccc(Cl)c1. The van der Waals surface area contributed by atoms with Gasteiger partial charge in [-0.2, -0.15) is 0 Å². The van der Waals surface area contributed by atoms with Crippen LogP contribution in [-0.2, 0) is 11.2 Å². The topological polar surface area (TPSA) is 66.0 Å². The fourth-order valence-electron chi connectivity index (χ4n) is 2.90. The van der Waals surface area contributed by atoms with Gasteiger partial charge in [-0.05, 0) is 41.8 Å². The number of halogens is 1. The lowest BCUT2D eigenvalue weighted by Crippen LogP contribution is -2.40. The molecule has 0 bridgehead atoms. The zero-order valence-electron chi connectivity index (χ0n) is 17.4.